The summed E-state index contributed by atoms with van der Waals surface area (Å²) >= 11 is 0. The van der Waals surface area contributed by atoms with E-state index in [9.17, 15) is 8.42 Å². The molecule has 0 unspecified atom stereocenters. The fraction of sp³-hybridized carbons (Fsp3) is 0.500. The highest BCUT2D eigenvalue weighted by Gasteiger charge is 2.24. The Morgan fingerprint density at radius 3 is 2.39 bits per heavy atom. The van der Waals surface area contributed by atoms with Crippen LogP contribution in [0.25, 0.3) is 0 Å². The van der Waals surface area contributed by atoms with Gasteiger partial charge in [-0.3, -0.25) is 0 Å². The summed E-state index contributed by atoms with van der Waals surface area (Å²) in [6.45, 7) is 1.46. The quantitative estimate of drug-likeness (QED) is 0.812. The fourth-order valence-electron chi connectivity index (χ4n) is 1.92. The Kier molecular flexibility index (Phi) is 4.08. The summed E-state index contributed by atoms with van der Waals surface area (Å²) in [5.41, 5.74) is 6.21. The third-order valence-corrected chi connectivity index (χ3v) is 4.78. The van der Waals surface area contributed by atoms with Crippen LogP contribution in [0, 0.1) is 0 Å². The number of sulfonamides is 1. The van der Waals surface area contributed by atoms with Crippen LogP contribution in [0.3, 0.4) is 0 Å². The topological polar surface area (TPSA) is 72.6 Å². The van der Waals surface area contributed by atoms with Crippen molar-refractivity contribution in [2.24, 2.45) is 0 Å². The Bertz CT molecular complexity index is 479. The maximum absolute atomic E-state index is 11.9. The molecule has 1 fully saturated rings. The molecule has 18 heavy (non-hydrogen) atoms. The lowest BCUT2D eigenvalue weighted by molar-refractivity contribution is 0.337. The molecule has 6 heteroatoms. The van der Waals surface area contributed by atoms with Gasteiger partial charge in [-0.15, -0.1) is 0 Å². The highest BCUT2D eigenvalue weighted by atomic mass is 32.2. The van der Waals surface area contributed by atoms with Gasteiger partial charge in [0.05, 0.1) is 5.75 Å². The monoisotopic (exact) mass is 270 g/mol. The highest BCUT2D eigenvalue weighted by molar-refractivity contribution is 7.89. The second-order valence-electron chi connectivity index (χ2n) is 4.34. The number of rotatable bonds is 5. The molecular weight excluding hydrogens is 252 g/mol. The van der Waals surface area contributed by atoms with E-state index >= 15 is 0 Å². The first-order valence-electron chi connectivity index (χ1n) is 6.04. The van der Waals surface area contributed by atoms with Crippen molar-refractivity contribution in [3.63, 3.8) is 0 Å². The molecule has 0 bridgehead atoms. The van der Waals surface area contributed by atoms with Crippen LogP contribution in [-0.2, 0) is 10.0 Å². The summed E-state index contributed by atoms with van der Waals surface area (Å²) in [4.78, 5) is 0. The van der Waals surface area contributed by atoms with Gasteiger partial charge in [0.1, 0.15) is 12.4 Å². The van der Waals surface area contributed by atoms with Gasteiger partial charge in [-0.25, -0.2) is 12.7 Å². The molecule has 0 spiro atoms. The van der Waals surface area contributed by atoms with Gasteiger partial charge in [-0.05, 0) is 37.1 Å². The molecule has 0 aromatic heterocycles. The van der Waals surface area contributed by atoms with Crippen LogP contribution < -0.4 is 10.5 Å². The molecule has 1 saturated heterocycles. The largest absolute Gasteiger partial charge is 0.492 e. The smallest absolute Gasteiger partial charge is 0.217 e. The molecule has 1 aromatic rings. The van der Waals surface area contributed by atoms with Crippen molar-refractivity contribution >= 4 is 15.7 Å². The first-order valence-corrected chi connectivity index (χ1v) is 7.65. The van der Waals surface area contributed by atoms with Gasteiger partial charge in [0.15, 0.2) is 0 Å². The van der Waals surface area contributed by atoms with Crippen molar-refractivity contribution in [1.82, 2.24) is 4.31 Å². The maximum Gasteiger partial charge on any atom is 0.217 e. The number of hydrogen-bond acceptors (Lipinski definition) is 4. The second kappa shape index (κ2) is 5.58. The fourth-order valence-corrected chi connectivity index (χ4v) is 3.29. The van der Waals surface area contributed by atoms with Crippen LogP contribution in [0.15, 0.2) is 24.3 Å². The van der Waals surface area contributed by atoms with Crippen LogP contribution in [-0.4, -0.2) is 38.2 Å². The molecule has 1 aromatic carbocycles. The summed E-state index contributed by atoms with van der Waals surface area (Å²) in [6, 6.07) is 6.92. The molecule has 100 valence electrons. The van der Waals surface area contributed by atoms with Crippen molar-refractivity contribution in [1.29, 1.82) is 0 Å². The normalized spacial score (nSPS) is 16.9. The predicted molar refractivity (Wildman–Crippen MR) is 70.9 cm³/mol. The summed E-state index contributed by atoms with van der Waals surface area (Å²) < 4.78 is 30.7. The van der Waals surface area contributed by atoms with Crippen molar-refractivity contribution < 1.29 is 13.2 Å². The zero-order valence-electron chi connectivity index (χ0n) is 10.2. The van der Waals surface area contributed by atoms with E-state index in [0.717, 1.165) is 12.8 Å². The van der Waals surface area contributed by atoms with Crippen LogP contribution in [0.5, 0.6) is 5.75 Å². The molecule has 1 aliphatic rings. The predicted octanol–water partition coefficient (Wildman–Crippen LogP) is 1.07. The minimum Gasteiger partial charge on any atom is -0.492 e. The van der Waals surface area contributed by atoms with Crippen molar-refractivity contribution in [3.05, 3.63) is 24.3 Å². The molecule has 2 N–H and O–H groups in total. The third kappa shape index (κ3) is 3.36. The first kappa shape index (κ1) is 13.2. The van der Waals surface area contributed by atoms with Crippen molar-refractivity contribution in [3.8, 4) is 5.75 Å². The summed E-state index contributed by atoms with van der Waals surface area (Å²) in [6.07, 6.45) is 1.91. The Balaban J connectivity index is 1.82. The minimum absolute atomic E-state index is 0.0252. The van der Waals surface area contributed by atoms with Crippen molar-refractivity contribution in [2.75, 3.05) is 31.2 Å². The Labute approximate surface area is 108 Å². The molecule has 1 aliphatic heterocycles. The zero-order chi connectivity index (χ0) is 13.0. The van der Waals surface area contributed by atoms with Gasteiger partial charge in [0, 0.05) is 18.8 Å². The van der Waals surface area contributed by atoms with E-state index in [4.69, 9.17) is 10.5 Å². The molecular formula is C12H18N2O3S. The number of benzene rings is 1. The second-order valence-corrected chi connectivity index (χ2v) is 6.43. The molecule has 5 nitrogen and oxygen atoms in total. The number of hydrogen-bond donors (Lipinski definition) is 1. The Morgan fingerprint density at radius 1 is 1.17 bits per heavy atom. The van der Waals surface area contributed by atoms with E-state index < -0.39 is 10.0 Å². The molecule has 2 rings (SSSR count). The SMILES string of the molecule is Nc1ccc(OCCS(=O)(=O)N2CCCC2)cc1. The van der Waals surface area contributed by atoms with Gasteiger partial charge in [-0.2, -0.15) is 0 Å². The van der Waals surface area contributed by atoms with E-state index in [1.807, 2.05) is 0 Å². The van der Waals surface area contributed by atoms with Crippen LogP contribution in [0.4, 0.5) is 5.69 Å². The van der Waals surface area contributed by atoms with Gasteiger partial charge in [0.2, 0.25) is 10.0 Å². The molecule has 0 amide bonds. The number of ether oxygens (including phenoxy) is 1. The number of nitrogens with zero attached hydrogens (tertiary/aromatic N) is 1. The Hall–Kier alpha value is -1.27. The summed E-state index contributed by atoms with van der Waals surface area (Å²) in [5, 5.41) is 0. The lowest BCUT2D eigenvalue weighted by Crippen LogP contribution is -2.32. The standard InChI is InChI=1S/C12H18N2O3S/c13-11-3-5-12(6-4-11)17-9-10-18(15,16)14-7-1-2-8-14/h3-6H,1-2,7-10,13H2. The van der Waals surface area contributed by atoms with E-state index in [-0.39, 0.29) is 12.4 Å². The lowest BCUT2D eigenvalue weighted by atomic mass is 10.3. The van der Waals surface area contributed by atoms with E-state index in [1.165, 1.54) is 0 Å². The highest BCUT2D eigenvalue weighted by Crippen LogP contribution is 2.15. The van der Waals surface area contributed by atoms with Gasteiger partial charge >= 0.3 is 0 Å². The maximum atomic E-state index is 11.9. The van der Waals surface area contributed by atoms with Crippen LogP contribution in [0.2, 0.25) is 0 Å². The van der Waals surface area contributed by atoms with Gasteiger partial charge in [-0.1, -0.05) is 0 Å². The summed E-state index contributed by atoms with van der Waals surface area (Å²) in [5.74, 6) is 0.665. The average molecular weight is 270 g/mol. The van der Waals surface area contributed by atoms with E-state index in [0.29, 0.717) is 24.5 Å². The van der Waals surface area contributed by atoms with E-state index in [1.54, 1.807) is 28.6 Å². The van der Waals surface area contributed by atoms with Crippen LogP contribution in [0.1, 0.15) is 12.8 Å². The molecule has 0 radical (unpaired) electrons. The van der Waals surface area contributed by atoms with Crippen molar-refractivity contribution in [2.45, 2.75) is 12.8 Å². The summed E-state index contributed by atoms with van der Waals surface area (Å²) in [7, 11) is -3.15. The third-order valence-electron chi connectivity index (χ3n) is 2.95. The molecule has 0 atom stereocenters. The van der Waals surface area contributed by atoms with E-state index in [2.05, 4.69) is 0 Å². The lowest BCUT2D eigenvalue weighted by Gasteiger charge is -2.15. The zero-order valence-corrected chi connectivity index (χ0v) is 11.0. The average Bonchev–Trinajstić information content (AvgIpc) is 2.86. The number of anilines is 1. The van der Waals surface area contributed by atoms with Gasteiger partial charge in [0.25, 0.3) is 0 Å². The molecule has 1 heterocycles. The first-order chi connectivity index (χ1) is 8.58. The molecule has 0 aliphatic carbocycles. The molecule has 0 saturated carbocycles. The van der Waals surface area contributed by atoms with Crippen LogP contribution >= 0.6 is 0 Å². The number of nitrogens with two attached hydrogens (primary N) is 1. The number of nitrogen functional groups attached to an aromatic ring is 1. The Morgan fingerprint density at radius 2 is 1.78 bits per heavy atom. The minimum atomic E-state index is -3.15. The van der Waals surface area contributed by atoms with Gasteiger partial charge < -0.3 is 10.5 Å².